The zero-order chi connectivity index (χ0) is 21.0. The molecule has 2 unspecified atom stereocenters. The number of halogens is 1. The number of rotatable bonds is 7. The van der Waals surface area contributed by atoms with Crippen LogP contribution >= 0.6 is 11.6 Å². The van der Waals surface area contributed by atoms with Crippen molar-refractivity contribution in [2.24, 2.45) is 5.73 Å². The zero-order valence-electron chi connectivity index (χ0n) is 16.4. The molecule has 1 saturated heterocycles. The average Bonchev–Trinajstić information content (AvgIpc) is 3.18. The van der Waals surface area contributed by atoms with E-state index in [1.54, 1.807) is 13.2 Å². The molecule has 2 amide bonds. The summed E-state index contributed by atoms with van der Waals surface area (Å²) in [4.78, 5) is 25.8. The molecule has 0 bridgehead atoms. The fourth-order valence-electron chi connectivity index (χ4n) is 3.83. The molecular formula is C19H27ClN4O5. The first-order valence-electron chi connectivity index (χ1n) is 9.62. The van der Waals surface area contributed by atoms with Gasteiger partial charge in [0.15, 0.2) is 0 Å². The molecule has 1 fully saturated rings. The Morgan fingerprint density at radius 3 is 2.97 bits per heavy atom. The number of primary amides is 1. The SMILES string of the molecule is COC1CN(CCCOC(N)=O)CCC1NC(=O)c1cc(Cl)c(N)c2c1OCC2. The molecule has 29 heavy (non-hydrogen) atoms. The normalized spacial score (nSPS) is 21.3. The lowest BCUT2D eigenvalue weighted by molar-refractivity contribution is 0.00482. The van der Waals surface area contributed by atoms with Crippen LogP contribution in [0.4, 0.5) is 10.5 Å². The van der Waals surface area contributed by atoms with Gasteiger partial charge in [-0.2, -0.15) is 0 Å². The highest BCUT2D eigenvalue weighted by Gasteiger charge is 2.32. The van der Waals surface area contributed by atoms with Gasteiger partial charge >= 0.3 is 6.09 Å². The second kappa shape index (κ2) is 9.51. The van der Waals surface area contributed by atoms with Gasteiger partial charge in [-0.25, -0.2) is 4.79 Å². The number of nitrogen functional groups attached to an aromatic ring is 1. The number of hydrogen-bond acceptors (Lipinski definition) is 7. The highest BCUT2D eigenvalue weighted by atomic mass is 35.5. The molecule has 10 heteroatoms. The summed E-state index contributed by atoms with van der Waals surface area (Å²) in [6.07, 6.45) is 1.12. The molecule has 5 N–H and O–H groups in total. The maximum absolute atomic E-state index is 12.9. The largest absolute Gasteiger partial charge is 0.492 e. The number of benzene rings is 1. The third-order valence-corrected chi connectivity index (χ3v) is 5.65. The molecule has 0 spiro atoms. The van der Waals surface area contributed by atoms with E-state index in [0.29, 0.717) is 48.0 Å². The van der Waals surface area contributed by atoms with Crippen molar-refractivity contribution in [3.63, 3.8) is 0 Å². The molecule has 2 atom stereocenters. The van der Waals surface area contributed by atoms with Crippen LogP contribution in [0.15, 0.2) is 6.07 Å². The van der Waals surface area contributed by atoms with Crippen LogP contribution < -0.4 is 21.5 Å². The van der Waals surface area contributed by atoms with E-state index in [1.807, 2.05) is 0 Å². The zero-order valence-corrected chi connectivity index (χ0v) is 17.2. The van der Waals surface area contributed by atoms with Gasteiger partial charge < -0.3 is 35.9 Å². The van der Waals surface area contributed by atoms with E-state index in [4.69, 9.17) is 37.3 Å². The Kier molecular flexibility index (Phi) is 7.05. The second-order valence-corrected chi connectivity index (χ2v) is 7.60. The van der Waals surface area contributed by atoms with Gasteiger partial charge in [-0.05, 0) is 18.9 Å². The number of carbonyl (C=O) groups is 2. The highest BCUT2D eigenvalue weighted by molar-refractivity contribution is 6.33. The van der Waals surface area contributed by atoms with Crippen LogP contribution in [0.25, 0.3) is 0 Å². The van der Waals surface area contributed by atoms with Gasteiger partial charge in [0.2, 0.25) is 0 Å². The van der Waals surface area contributed by atoms with Crippen LogP contribution in [0.3, 0.4) is 0 Å². The van der Waals surface area contributed by atoms with E-state index >= 15 is 0 Å². The van der Waals surface area contributed by atoms with Gasteiger partial charge in [0.1, 0.15) is 5.75 Å². The number of likely N-dealkylation sites (tertiary alicyclic amines) is 1. The molecular weight excluding hydrogens is 400 g/mol. The smallest absolute Gasteiger partial charge is 0.404 e. The van der Waals surface area contributed by atoms with Crippen molar-refractivity contribution in [1.82, 2.24) is 10.2 Å². The summed E-state index contributed by atoms with van der Waals surface area (Å²) in [5.74, 6) is 0.269. The van der Waals surface area contributed by atoms with Gasteiger partial charge in [-0.1, -0.05) is 11.6 Å². The Balaban J connectivity index is 1.59. The first kappa shape index (κ1) is 21.5. The Hall–Kier alpha value is -2.23. The molecule has 0 aliphatic carbocycles. The summed E-state index contributed by atoms with van der Waals surface area (Å²) < 4.78 is 16.0. The first-order chi connectivity index (χ1) is 13.9. The van der Waals surface area contributed by atoms with Gasteiger partial charge in [0.25, 0.3) is 5.91 Å². The molecule has 160 valence electrons. The topological polar surface area (TPSA) is 129 Å². The van der Waals surface area contributed by atoms with Crippen LogP contribution in [-0.2, 0) is 15.9 Å². The highest BCUT2D eigenvalue weighted by Crippen LogP contribution is 2.38. The van der Waals surface area contributed by atoms with Crippen LogP contribution in [0, 0.1) is 0 Å². The number of nitrogens with two attached hydrogens (primary N) is 2. The number of nitrogens with zero attached hydrogens (tertiary/aromatic N) is 1. The lowest BCUT2D eigenvalue weighted by atomic mass is 10.00. The van der Waals surface area contributed by atoms with Crippen molar-refractivity contribution in [3.05, 3.63) is 22.2 Å². The Bertz CT molecular complexity index is 775. The maximum Gasteiger partial charge on any atom is 0.404 e. The van der Waals surface area contributed by atoms with Crippen LogP contribution in [-0.4, -0.2) is 69.0 Å². The third kappa shape index (κ3) is 5.04. The number of fused-ring (bicyclic) bond motifs is 1. The van der Waals surface area contributed by atoms with Crippen molar-refractivity contribution in [2.45, 2.75) is 31.4 Å². The summed E-state index contributed by atoms with van der Waals surface area (Å²) in [6.45, 7) is 2.97. The van der Waals surface area contributed by atoms with Gasteiger partial charge in [-0.15, -0.1) is 0 Å². The number of piperidine rings is 1. The fourth-order valence-corrected chi connectivity index (χ4v) is 4.05. The molecule has 1 aromatic carbocycles. The standard InChI is InChI=1S/C19H27ClN4O5/c1-27-15-10-24(5-2-7-29-19(22)26)6-3-14(15)23-18(25)12-9-13(20)16(21)11-4-8-28-17(11)12/h9,14-15H,2-8,10,21H2,1H3,(H2,22,26)(H,23,25). The molecule has 0 saturated carbocycles. The van der Waals surface area contributed by atoms with E-state index in [1.165, 1.54) is 0 Å². The van der Waals surface area contributed by atoms with Crippen molar-refractivity contribution in [1.29, 1.82) is 0 Å². The molecule has 2 heterocycles. The van der Waals surface area contributed by atoms with Gasteiger partial charge in [0, 0.05) is 38.7 Å². The van der Waals surface area contributed by atoms with E-state index in [9.17, 15) is 9.59 Å². The number of methoxy groups -OCH3 is 1. The molecule has 2 aliphatic heterocycles. The van der Waals surface area contributed by atoms with Gasteiger partial charge in [0.05, 0.1) is 41.6 Å². The Morgan fingerprint density at radius 1 is 1.45 bits per heavy atom. The number of nitrogens with one attached hydrogen (secondary N) is 1. The Labute approximate surface area is 174 Å². The summed E-state index contributed by atoms with van der Waals surface area (Å²) in [7, 11) is 1.63. The fraction of sp³-hybridized carbons (Fsp3) is 0.579. The number of anilines is 1. The minimum Gasteiger partial charge on any atom is -0.492 e. The number of carbonyl (C=O) groups excluding carboxylic acids is 2. The minimum absolute atomic E-state index is 0.140. The van der Waals surface area contributed by atoms with E-state index < -0.39 is 6.09 Å². The quantitative estimate of drug-likeness (QED) is 0.440. The summed E-state index contributed by atoms with van der Waals surface area (Å²) in [5, 5.41) is 3.42. The predicted octanol–water partition coefficient (Wildman–Crippen LogP) is 1.16. The van der Waals surface area contributed by atoms with Crippen molar-refractivity contribution in [2.75, 3.05) is 45.7 Å². The lowest BCUT2D eigenvalue weighted by Crippen LogP contribution is -2.55. The summed E-state index contributed by atoms with van der Waals surface area (Å²) >= 11 is 6.21. The molecule has 3 rings (SSSR count). The average molecular weight is 427 g/mol. The van der Waals surface area contributed by atoms with Crippen molar-refractivity contribution in [3.8, 4) is 5.75 Å². The predicted molar refractivity (Wildman–Crippen MR) is 108 cm³/mol. The Morgan fingerprint density at radius 2 is 2.24 bits per heavy atom. The van der Waals surface area contributed by atoms with Crippen LogP contribution in [0.2, 0.25) is 5.02 Å². The number of amides is 2. The van der Waals surface area contributed by atoms with Gasteiger partial charge in [-0.3, -0.25) is 4.79 Å². The van der Waals surface area contributed by atoms with Crippen molar-refractivity contribution >= 4 is 29.3 Å². The van der Waals surface area contributed by atoms with E-state index in [-0.39, 0.29) is 24.7 Å². The molecule has 0 aromatic heterocycles. The summed E-state index contributed by atoms with van der Waals surface area (Å²) in [5.41, 5.74) is 12.6. The molecule has 2 aliphatic rings. The maximum atomic E-state index is 12.9. The van der Waals surface area contributed by atoms with E-state index in [2.05, 4.69) is 10.2 Å². The molecule has 0 radical (unpaired) electrons. The number of hydrogen-bond donors (Lipinski definition) is 3. The first-order valence-corrected chi connectivity index (χ1v) is 10.0. The monoisotopic (exact) mass is 426 g/mol. The van der Waals surface area contributed by atoms with Crippen LogP contribution in [0.5, 0.6) is 5.75 Å². The minimum atomic E-state index is -0.764. The lowest BCUT2D eigenvalue weighted by Gasteiger charge is -2.38. The second-order valence-electron chi connectivity index (χ2n) is 7.19. The molecule has 9 nitrogen and oxygen atoms in total. The summed E-state index contributed by atoms with van der Waals surface area (Å²) in [6, 6.07) is 1.42. The van der Waals surface area contributed by atoms with Crippen molar-refractivity contribution < 1.29 is 23.8 Å². The third-order valence-electron chi connectivity index (χ3n) is 5.34. The number of ether oxygens (including phenoxy) is 3. The molecule has 1 aromatic rings. The van der Waals surface area contributed by atoms with E-state index in [0.717, 1.165) is 25.1 Å². The van der Waals surface area contributed by atoms with Crippen LogP contribution in [0.1, 0.15) is 28.8 Å².